The number of aliphatic hydroxyl groups is 1. The Bertz CT molecular complexity index is 762. The number of aliphatic hydroxyl groups excluding tert-OH is 1. The van der Waals surface area contributed by atoms with Gasteiger partial charge in [0.25, 0.3) is 5.91 Å². The van der Waals surface area contributed by atoms with Gasteiger partial charge in [-0.2, -0.15) is 0 Å². The fraction of sp³-hybridized carbons (Fsp3) is 0.333. The summed E-state index contributed by atoms with van der Waals surface area (Å²) in [6.45, 7) is 5.05. The van der Waals surface area contributed by atoms with E-state index in [-0.39, 0.29) is 30.0 Å². The lowest BCUT2D eigenvalue weighted by Crippen LogP contribution is -2.54. The van der Waals surface area contributed by atoms with Crippen LogP contribution in [0.25, 0.3) is 0 Å². The maximum atomic E-state index is 12.8. The largest absolute Gasteiger partial charge is 0.426 e. The Balaban J connectivity index is 2.20. The number of para-hydroxylation sites is 1. The van der Waals surface area contributed by atoms with Crippen molar-refractivity contribution in [1.82, 2.24) is 10.4 Å². The van der Waals surface area contributed by atoms with E-state index in [0.29, 0.717) is 6.42 Å². The van der Waals surface area contributed by atoms with Gasteiger partial charge in [0.2, 0.25) is 0 Å². The summed E-state index contributed by atoms with van der Waals surface area (Å²) in [5, 5.41) is 11.6. The van der Waals surface area contributed by atoms with Crippen LogP contribution in [-0.2, 0) is 11.2 Å². The van der Waals surface area contributed by atoms with Gasteiger partial charge in [-0.15, -0.1) is 0 Å². The van der Waals surface area contributed by atoms with Gasteiger partial charge in [0.1, 0.15) is 5.75 Å². The Morgan fingerprint density at radius 2 is 1.70 bits per heavy atom. The SMILES string of the molecule is CC(=O)Oc1ccccc1C(=O)NN(C(C)C)[C@H](CO)Cc1ccccc1. The van der Waals surface area contributed by atoms with Crippen molar-refractivity contribution in [3.63, 3.8) is 0 Å². The van der Waals surface area contributed by atoms with Gasteiger partial charge in [-0.3, -0.25) is 15.0 Å². The molecular weight excluding hydrogens is 344 g/mol. The first-order valence-electron chi connectivity index (χ1n) is 8.94. The molecule has 0 saturated heterocycles. The summed E-state index contributed by atoms with van der Waals surface area (Å²) in [6, 6.07) is 16.0. The van der Waals surface area contributed by atoms with E-state index in [0.717, 1.165) is 5.56 Å². The second kappa shape index (κ2) is 9.85. The number of carbonyl (C=O) groups is 2. The van der Waals surface area contributed by atoms with Crippen molar-refractivity contribution >= 4 is 11.9 Å². The molecule has 1 amide bonds. The standard InChI is InChI=1S/C21H26N2O4/c1-15(2)23(18(14-24)13-17-9-5-4-6-10-17)22-21(26)19-11-7-8-12-20(19)27-16(3)25/h4-12,15,18,24H,13-14H2,1-3H3,(H,22,26)/t18-/m0/s1. The predicted molar refractivity (Wildman–Crippen MR) is 103 cm³/mol. The Kier molecular flexibility index (Phi) is 7.52. The number of hydrogen-bond donors (Lipinski definition) is 2. The molecule has 27 heavy (non-hydrogen) atoms. The van der Waals surface area contributed by atoms with Crippen LogP contribution in [0, 0.1) is 0 Å². The molecule has 1 atom stereocenters. The number of rotatable bonds is 8. The highest BCUT2D eigenvalue weighted by Crippen LogP contribution is 2.19. The third-order valence-electron chi connectivity index (χ3n) is 4.09. The van der Waals surface area contributed by atoms with Gasteiger partial charge in [0.15, 0.2) is 0 Å². The van der Waals surface area contributed by atoms with Crippen LogP contribution in [0.3, 0.4) is 0 Å². The van der Waals surface area contributed by atoms with Gasteiger partial charge < -0.3 is 9.84 Å². The van der Waals surface area contributed by atoms with E-state index in [9.17, 15) is 14.7 Å². The van der Waals surface area contributed by atoms with Gasteiger partial charge >= 0.3 is 5.97 Å². The van der Waals surface area contributed by atoms with Crippen LogP contribution in [0.15, 0.2) is 54.6 Å². The summed E-state index contributed by atoms with van der Waals surface area (Å²) in [7, 11) is 0. The van der Waals surface area contributed by atoms with E-state index < -0.39 is 11.9 Å². The number of esters is 1. The average Bonchev–Trinajstić information content (AvgIpc) is 2.65. The molecule has 144 valence electrons. The average molecular weight is 370 g/mol. The molecule has 0 spiro atoms. The zero-order valence-electron chi connectivity index (χ0n) is 15.9. The highest BCUT2D eigenvalue weighted by Gasteiger charge is 2.25. The quantitative estimate of drug-likeness (QED) is 0.424. The van der Waals surface area contributed by atoms with Gasteiger partial charge in [0.05, 0.1) is 18.2 Å². The van der Waals surface area contributed by atoms with Crippen LogP contribution in [0.5, 0.6) is 5.75 Å². The van der Waals surface area contributed by atoms with Gasteiger partial charge in [-0.1, -0.05) is 42.5 Å². The molecule has 0 unspecified atom stereocenters. The maximum Gasteiger partial charge on any atom is 0.308 e. The van der Waals surface area contributed by atoms with Crippen molar-refractivity contribution in [3.05, 3.63) is 65.7 Å². The fourth-order valence-corrected chi connectivity index (χ4v) is 2.85. The number of nitrogens with one attached hydrogen (secondary N) is 1. The molecule has 2 rings (SSSR count). The van der Waals surface area contributed by atoms with Crippen molar-refractivity contribution in [2.75, 3.05) is 6.61 Å². The highest BCUT2D eigenvalue weighted by molar-refractivity contribution is 5.97. The van der Waals surface area contributed by atoms with E-state index in [1.807, 2.05) is 44.2 Å². The number of benzene rings is 2. The maximum absolute atomic E-state index is 12.8. The molecule has 2 N–H and O–H groups in total. The molecule has 0 radical (unpaired) electrons. The molecule has 2 aromatic carbocycles. The van der Waals surface area contributed by atoms with E-state index in [1.54, 1.807) is 29.3 Å². The summed E-state index contributed by atoms with van der Waals surface area (Å²) in [5.41, 5.74) is 4.19. The first kappa shape index (κ1) is 20.6. The number of ether oxygens (including phenoxy) is 1. The molecule has 6 nitrogen and oxygen atoms in total. The predicted octanol–water partition coefficient (Wildman–Crippen LogP) is 2.57. The number of hydrazine groups is 1. The monoisotopic (exact) mass is 370 g/mol. The summed E-state index contributed by atoms with van der Waals surface area (Å²) >= 11 is 0. The molecule has 0 aromatic heterocycles. The Labute approximate surface area is 159 Å². The van der Waals surface area contributed by atoms with Crippen LogP contribution in [-0.4, -0.2) is 40.7 Å². The van der Waals surface area contributed by atoms with Crippen LogP contribution >= 0.6 is 0 Å². The Morgan fingerprint density at radius 3 is 2.30 bits per heavy atom. The summed E-state index contributed by atoms with van der Waals surface area (Å²) in [5.74, 6) is -0.685. The van der Waals surface area contributed by atoms with Crippen molar-refractivity contribution in [2.24, 2.45) is 0 Å². The summed E-state index contributed by atoms with van der Waals surface area (Å²) < 4.78 is 5.12. The van der Waals surface area contributed by atoms with Gasteiger partial charge in [-0.05, 0) is 38.0 Å². The Hall–Kier alpha value is -2.70. The van der Waals surface area contributed by atoms with Crippen LogP contribution < -0.4 is 10.2 Å². The lowest BCUT2D eigenvalue weighted by atomic mass is 10.1. The zero-order valence-corrected chi connectivity index (χ0v) is 15.9. The molecule has 0 heterocycles. The molecule has 0 aliphatic carbocycles. The van der Waals surface area contributed by atoms with Crippen LogP contribution in [0.2, 0.25) is 0 Å². The fourth-order valence-electron chi connectivity index (χ4n) is 2.85. The molecule has 6 heteroatoms. The van der Waals surface area contributed by atoms with Gasteiger partial charge in [0, 0.05) is 13.0 Å². The van der Waals surface area contributed by atoms with E-state index in [4.69, 9.17) is 4.74 Å². The summed E-state index contributed by atoms with van der Waals surface area (Å²) in [6.07, 6.45) is 0.585. The van der Waals surface area contributed by atoms with Crippen molar-refractivity contribution in [2.45, 2.75) is 39.3 Å². The van der Waals surface area contributed by atoms with E-state index in [2.05, 4.69) is 5.43 Å². The van der Waals surface area contributed by atoms with Crippen molar-refractivity contribution in [1.29, 1.82) is 0 Å². The van der Waals surface area contributed by atoms with Crippen LogP contribution in [0.4, 0.5) is 0 Å². The lowest BCUT2D eigenvalue weighted by Gasteiger charge is -2.34. The first-order valence-corrected chi connectivity index (χ1v) is 8.94. The van der Waals surface area contributed by atoms with E-state index in [1.165, 1.54) is 6.92 Å². The van der Waals surface area contributed by atoms with Crippen molar-refractivity contribution in [3.8, 4) is 5.75 Å². The van der Waals surface area contributed by atoms with Crippen LogP contribution in [0.1, 0.15) is 36.7 Å². The number of hydrogen-bond acceptors (Lipinski definition) is 5. The molecule has 2 aromatic rings. The minimum atomic E-state index is -0.492. The summed E-state index contributed by atoms with van der Waals surface area (Å²) in [4.78, 5) is 24.1. The minimum Gasteiger partial charge on any atom is -0.426 e. The van der Waals surface area contributed by atoms with Crippen molar-refractivity contribution < 1.29 is 19.4 Å². The topological polar surface area (TPSA) is 78.9 Å². The molecule has 0 saturated carbocycles. The molecule has 0 aliphatic rings. The van der Waals surface area contributed by atoms with Gasteiger partial charge in [-0.25, -0.2) is 5.01 Å². The smallest absolute Gasteiger partial charge is 0.308 e. The number of nitrogens with zero attached hydrogens (tertiary/aromatic N) is 1. The molecule has 0 fully saturated rings. The minimum absolute atomic E-state index is 0.0456. The lowest BCUT2D eigenvalue weighted by molar-refractivity contribution is -0.131. The third kappa shape index (κ3) is 5.91. The molecule has 0 bridgehead atoms. The zero-order chi connectivity index (χ0) is 19.8. The van der Waals surface area contributed by atoms with E-state index >= 15 is 0 Å². The Morgan fingerprint density at radius 1 is 1.07 bits per heavy atom. The number of amides is 1. The molecule has 0 aliphatic heterocycles. The highest BCUT2D eigenvalue weighted by atomic mass is 16.5. The molecular formula is C21H26N2O4. The number of carbonyl (C=O) groups excluding carboxylic acids is 2. The first-order chi connectivity index (χ1) is 12.9. The normalized spacial score (nSPS) is 12.1. The second-order valence-corrected chi connectivity index (χ2v) is 6.56. The third-order valence-corrected chi connectivity index (χ3v) is 4.09. The second-order valence-electron chi connectivity index (χ2n) is 6.56.